The normalized spacial score (nSPS) is 12.9. The molecule has 0 bridgehead atoms. The van der Waals surface area contributed by atoms with Crippen LogP contribution >= 0.6 is 0 Å². The Morgan fingerprint density at radius 2 is 1.66 bits per heavy atom. The van der Waals surface area contributed by atoms with Gasteiger partial charge in [-0.05, 0) is 47.5 Å². The lowest BCUT2D eigenvalue weighted by Gasteiger charge is -2.24. The molecule has 3 rings (SSSR count). The average molecular weight is 391 g/mol. The maximum absolute atomic E-state index is 13.3. The third kappa shape index (κ3) is 4.46. The monoisotopic (exact) mass is 391 g/mol. The van der Waals surface area contributed by atoms with Crippen LogP contribution in [0, 0.1) is 5.92 Å². The van der Waals surface area contributed by atoms with Crippen LogP contribution in [0.1, 0.15) is 28.8 Å². The minimum Gasteiger partial charge on any atom is -0.497 e. The number of methoxy groups -OCH3 is 1. The number of Topliss-reactive ketones (excluding diaryl/α,β-unsaturated/α-hetero) is 1. The zero-order chi connectivity index (χ0) is 20.8. The predicted molar refractivity (Wildman–Crippen MR) is 113 cm³/mol. The summed E-state index contributed by atoms with van der Waals surface area (Å²) < 4.78 is 10.4. The van der Waals surface area contributed by atoms with Crippen molar-refractivity contribution >= 4 is 22.5 Å². The molecular weight excluding hydrogens is 366 g/mol. The molecule has 150 valence electrons. The molecule has 0 amide bonds. The number of carbonyl (C=O) groups excluding carboxylic acids is 2. The Bertz CT molecular complexity index is 997. The van der Waals surface area contributed by atoms with Gasteiger partial charge < -0.3 is 15.2 Å². The number of ether oxygens (including phenoxy) is 2. The molecule has 3 aromatic carbocycles. The number of carbonyl (C=O) groups is 2. The first-order chi connectivity index (χ1) is 14.1. The van der Waals surface area contributed by atoms with Crippen molar-refractivity contribution in [3.8, 4) is 5.75 Å². The van der Waals surface area contributed by atoms with E-state index in [0.717, 1.165) is 16.3 Å². The van der Waals surface area contributed by atoms with Crippen LogP contribution in [-0.4, -0.2) is 32.0 Å². The second-order valence-electron chi connectivity index (χ2n) is 6.77. The molecule has 0 saturated carbocycles. The van der Waals surface area contributed by atoms with Crippen LogP contribution in [-0.2, 0) is 9.53 Å². The maximum atomic E-state index is 13.3. The van der Waals surface area contributed by atoms with Crippen molar-refractivity contribution in [1.29, 1.82) is 0 Å². The first-order valence-corrected chi connectivity index (χ1v) is 9.62. The fourth-order valence-electron chi connectivity index (χ4n) is 3.52. The molecule has 0 aliphatic rings. The zero-order valence-corrected chi connectivity index (χ0v) is 16.6. The zero-order valence-electron chi connectivity index (χ0n) is 16.6. The third-order valence-electron chi connectivity index (χ3n) is 5.06. The van der Waals surface area contributed by atoms with Crippen molar-refractivity contribution in [1.82, 2.24) is 0 Å². The molecule has 2 unspecified atom stereocenters. The van der Waals surface area contributed by atoms with Crippen LogP contribution in [0.3, 0.4) is 0 Å². The van der Waals surface area contributed by atoms with Gasteiger partial charge in [0.15, 0.2) is 5.78 Å². The van der Waals surface area contributed by atoms with Gasteiger partial charge in [-0.25, -0.2) is 0 Å². The summed E-state index contributed by atoms with van der Waals surface area (Å²) in [5.41, 5.74) is 7.32. The summed E-state index contributed by atoms with van der Waals surface area (Å²) in [5.74, 6) is -1.74. The average Bonchev–Trinajstić information content (AvgIpc) is 2.76. The first kappa shape index (κ1) is 20.6. The molecule has 0 fully saturated rings. The van der Waals surface area contributed by atoms with E-state index in [4.69, 9.17) is 15.2 Å². The Labute approximate surface area is 170 Å². The van der Waals surface area contributed by atoms with Gasteiger partial charge in [0.2, 0.25) is 0 Å². The molecule has 3 aromatic rings. The van der Waals surface area contributed by atoms with Crippen molar-refractivity contribution in [2.24, 2.45) is 11.7 Å². The van der Waals surface area contributed by atoms with Gasteiger partial charge in [0.05, 0.1) is 13.7 Å². The van der Waals surface area contributed by atoms with Crippen LogP contribution < -0.4 is 10.5 Å². The molecule has 0 saturated heterocycles. The summed E-state index contributed by atoms with van der Waals surface area (Å²) in [6.07, 6.45) is 0. The Morgan fingerprint density at radius 1 is 0.966 bits per heavy atom. The van der Waals surface area contributed by atoms with E-state index in [2.05, 4.69) is 0 Å². The summed E-state index contributed by atoms with van der Waals surface area (Å²) in [5, 5.41) is 2.11. The molecule has 0 spiro atoms. The van der Waals surface area contributed by atoms with Gasteiger partial charge >= 0.3 is 5.97 Å². The highest BCUT2D eigenvalue weighted by molar-refractivity contribution is 6.09. The number of ketones is 1. The Balaban J connectivity index is 2.02. The largest absolute Gasteiger partial charge is 0.497 e. The fourth-order valence-corrected chi connectivity index (χ4v) is 3.52. The van der Waals surface area contributed by atoms with Crippen molar-refractivity contribution < 1.29 is 19.1 Å². The third-order valence-corrected chi connectivity index (χ3v) is 5.06. The summed E-state index contributed by atoms with van der Waals surface area (Å²) >= 11 is 0. The summed E-state index contributed by atoms with van der Waals surface area (Å²) in [7, 11) is 1.56. The topological polar surface area (TPSA) is 78.6 Å². The highest BCUT2D eigenvalue weighted by Crippen LogP contribution is 2.31. The van der Waals surface area contributed by atoms with Gasteiger partial charge in [-0.1, -0.05) is 42.5 Å². The maximum Gasteiger partial charge on any atom is 0.317 e. The summed E-state index contributed by atoms with van der Waals surface area (Å²) in [4.78, 5) is 26.1. The lowest BCUT2D eigenvalue weighted by atomic mass is 9.80. The fraction of sp³-hybridized carbons (Fsp3) is 0.250. The van der Waals surface area contributed by atoms with E-state index in [-0.39, 0.29) is 18.9 Å². The highest BCUT2D eigenvalue weighted by atomic mass is 16.5. The lowest BCUT2D eigenvalue weighted by molar-refractivity contribution is -0.146. The van der Waals surface area contributed by atoms with E-state index in [1.807, 2.05) is 42.5 Å². The van der Waals surface area contributed by atoms with E-state index in [9.17, 15) is 9.59 Å². The van der Waals surface area contributed by atoms with Gasteiger partial charge in [0, 0.05) is 18.0 Å². The molecule has 2 N–H and O–H groups in total. The van der Waals surface area contributed by atoms with E-state index in [1.165, 1.54) is 0 Å². The molecule has 0 radical (unpaired) electrons. The predicted octanol–water partition coefficient (Wildman–Crippen LogP) is 3.95. The van der Waals surface area contributed by atoms with Gasteiger partial charge in [0.25, 0.3) is 0 Å². The molecule has 5 heteroatoms. The molecule has 0 aromatic heterocycles. The van der Waals surface area contributed by atoms with Crippen molar-refractivity contribution in [2.75, 3.05) is 20.3 Å². The molecule has 0 heterocycles. The van der Waals surface area contributed by atoms with Crippen molar-refractivity contribution in [2.45, 2.75) is 12.8 Å². The van der Waals surface area contributed by atoms with Crippen molar-refractivity contribution in [3.63, 3.8) is 0 Å². The van der Waals surface area contributed by atoms with Crippen LogP contribution in [0.25, 0.3) is 10.8 Å². The van der Waals surface area contributed by atoms with E-state index in [0.29, 0.717) is 11.3 Å². The number of nitrogens with two attached hydrogens (primary N) is 1. The minimum atomic E-state index is -1.02. The van der Waals surface area contributed by atoms with Crippen LogP contribution in [0.2, 0.25) is 0 Å². The number of rotatable bonds is 8. The number of hydrogen-bond donors (Lipinski definition) is 1. The molecular formula is C24H25NO4. The molecule has 0 aliphatic heterocycles. The summed E-state index contributed by atoms with van der Waals surface area (Å²) in [6, 6.07) is 20.5. The molecule has 29 heavy (non-hydrogen) atoms. The van der Waals surface area contributed by atoms with Gasteiger partial charge in [-0.2, -0.15) is 0 Å². The number of fused-ring (bicyclic) bond motifs is 1. The van der Waals surface area contributed by atoms with E-state index >= 15 is 0 Å². The smallest absolute Gasteiger partial charge is 0.317 e. The first-order valence-electron chi connectivity index (χ1n) is 9.62. The van der Waals surface area contributed by atoms with Gasteiger partial charge in [-0.15, -0.1) is 0 Å². The van der Waals surface area contributed by atoms with Crippen LogP contribution in [0.4, 0.5) is 0 Å². The number of benzene rings is 3. The van der Waals surface area contributed by atoms with Crippen molar-refractivity contribution in [3.05, 3.63) is 77.9 Å². The SMILES string of the molecule is CCOC(=O)C(C(=O)c1ccc(OC)cc1)C(CN)c1ccc2ccccc2c1. The highest BCUT2D eigenvalue weighted by Gasteiger charge is 2.37. The Hall–Kier alpha value is -3.18. The molecule has 0 aliphatic carbocycles. The number of esters is 1. The minimum absolute atomic E-state index is 0.143. The van der Waals surface area contributed by atoms with Gasteiger partial charge in [-0.3, -0.25) is 9.59 Å². The van der Waals surface area contributed by atoms with Crippen LogP contribution in [0.15, 0.2) is 66.7 Å². The number of hydrogen-bond acceptors (Lipinski definition) is 5. The van der Waals surface area contributed by atoms with E-state index < -0.39 is 17.8 Å². The Kier molecular flexibility index (Phi) is 6.62. The second kappa shape index (κ2) is 9.34. The second-order valence-corrected chi connectivity index (χ2v) is 6.77. The molecule has 5 nitrogen and oxygen atoms in total. The lowest BCUT2D eigenvalue weighted by Crippen LogP contribution is -2.35. The summed E-state index contributed by atoms with van der Waals surface area (Å²) in [6.45, 7) is 2.06. The van der Waals surface area contributed by atoms with E-state index in [1.54, 1.807) is 38.3 Å². The quantitative estimate of drug-likeness (QED) is 0.357. The van der Waals surface area contributed by atoms with Crippen LogP contribution in [0.5, 0.6) is 5.75 Å². The van der Waals surface area contributed by atoms with Gasteiger partial charge in [0.1, 0.15) is 11.7 Å². The Morgan fingerprint density at radius 3 is 2.28 bits per heavy atom. The molecule has 2 atom stereocenters. The standard InChI is InChI=1S/C24H25NO4/c1-3-29-24(27)22(23(26)17-10-12-20(28-2)13-11-17)21(15-25)19-9-8-16-6-4-5-7-18(16)14-19/h4-14,21-22H,3,15,25H2,1-2H3.